The lowest BCUT2D eigenvalue weighted by molar-refractivity contribution is -0.132. The van der Waals surface area contributed by atoms with Gasteiger partial charge in [0.25, 0.3) is 0 Å². The Hall–Kier alpha value is -2.32. The molecule has 0 aliphatic carbocycles. The lowest BCUT2D eigenvalue weighted by Crippen LogP contribution is -2.50. The Morgan fingerprint density at radius 3 is 2.29 bits per heavy atom. The molecule has 3 rings (SSSR count). The number of hydrogen-bond acceptors (Lipinski definition) is 3. The van der Waals surface area contributed by atoms with Crippen molar-refractivity contribution in [3.05, 3.63) is 65.7 Å². The number of carbonyl (C=O) groups excluding carboxylic acids is 1. The van der Waals surface area contributed by atoms with Crippen LogP contribution in [0.15, 0.2) is 53.4 Å². The Kier molecular flexibility index (Phi) is 6.10. The van der Waals surface area contributed by atoms with Crippen LogP contribution in [0.1, 0.15) is 24.8 Å². The topological polar surface area (TPSA) is 57.7 Å². The quantitative estimate of drug-likeness (QED) is 0.764. The molecule has 5 nitrogen and oxygen atoms in total. The number of halogens is 2. The van der Waals surface area contributed by atoms with Crippen LogP contribution >= 0.6 is 0 Å². The second kappa shape index (κ2) is 8.36. The predicted octanol–water partition coefficient (Wildman–Crippen LogP) is 2.99. The van der Waals surface area contributed by atoms with Crippen LogP contribution in [0, 0.1) is 11.6 Å². The SMILES string of the molecule is CC(CC(=O)N1CCN(S(=O)(=O)c2ccc(F)cc2F)CC1)c1ccccc1. The average molecular weight is 408 g/mol. The molecule has 1 aliphatic rings. The van der Waals surface area contributed by atoms with Gasteiger partial charge in [0.2, 0.25) is 15.9 Å². The molecule has 28 heavy (non-hydrogen) atoms. The van der Waals surface area contributed by atoms with Gasteiger partial charge >= 0.3 is 0 Å². The summed E-state index contributed by atoms with van der Waals surface area (Å²) in [5, 5.41) is 0. The number of rotatable bonds is 5. The largest absolute Gasteiger partial charge is 0.340 e. The number of carbonyl (C=O) groups is 1. The predicted molar refractivity (Wildman–Crippen MR) is 101 cm³/mol. The second-order valence-electron chi connectivity index (χ2n) is 6.88. The summed E-state index contributed by atoms with van der Waals surface area (Å²) in [6, 6.07) is 12.1. The molecule has 150 valence electrons. The maximum absolute atomic E-state index is 13.9. The molecule has 1 aliphatic heterocycles. The van der Waals surface area contributed by atoms with Gasteiger partial charge in [-0.15, -0.1) is 0 Å². The average Bonchev–Trinajstić information content (AvgIpc) is 2.68. The van der Waals surface area contributed by atoms with E-state index in [9.17, 15) is 22.0 Å². The van der Waals surface area contributed by atoms with Gasteiger partial charge in [-0.1, -0.05) is 37.3 Å². The summed E-state index contributed by atoms with van der Waals surface area (Å²) in [5.41, 5.74) is 1.07. The van der Waals surface area contributed by atoms with E-state index >= 15 is 0 Å². The van der Waals surface area contributed by atoms with Gasteiger partial charge in [-0.25, -0.2) is 17.2 Å². The van der Waals surface area contributed by atoms with E-state index < -0.39 is 26.6 Å². The van der Waals surface area contributed by atoms with Crippen LogP contribution in [0.25, 0.3) is 0 Å². The normalized spacial score (nSPS) is 16.8. The zero-order valence-corrected chi connectivity index (χ0v) is 16.3. The van der Waals surface area contributed by atoms with E-state index in [2.05, 4.69) is 0 Å². The minimum atomic E-state index is -4.07. The monoisotopic (exact) mass is 408 g/mol. The van der Waals surface area contributed by atoms with E-state index in [4.69, 9.17) is 0 Å². The first kappa shape index (κ1) is 20.4. The first-order valence-corrected chi connectivity index (χ1v) is 10.5. The highest BCUT2D eigenvalue weighted by Crippen LogP contribution is 2.23. The lowest BCUT2D eigenvalue weighted by Gasteiger charge is -2.34. The minimum absolute atomic E-state index is 0.0404. The smallest absolute Gasteiger partial charge is 0.246 e. The number of nitrogens with zero attached hydrogens (tertiary/aromatic N) is 2. The Morgan fingerprint density at radius 1 is 1.04 bits per heavy atom. The van der Waals surface area contributed by atoms with E-state index in [1.807, 2.05) is 37.3 Å². The molecule has 1 saturated heterocycles. The van der Waals surface area contributed by atoms with Crippen molar-refractivity contribution in [2.75, 3.05) is 26.2 Å². The van der Waals surface area contributed by atoms with Crippen LogP contribution in [0.2, 0.25) is 0 Å². The molecular weight excluding hydrogens is 386 g/mol. The highest BCUT2D eigenvalue weighted by molar-refractivity contribution is 7.89. The Bertz CT molecular complexity index is 943. The summed E-state index contributed by atoms with van der Waals surface area (Å²) < 4.78 is 53.3. The van der Waals surface area contributed by atoms with E-state index in [0.717, 1.165) is 22.0 Å². The van der Waals surface area contributed by atoms with Crippen LogP contribution in [0.4, 0.5) is 8.78 Å². The molecule has 0 saturated carbocycles. The van der Waals surface area contributed by atoms with Gasteiger partial charge in [0.1, 0.15) is 16.5 Å². The highest BCUT2D eigenvalue weighted by Gasteiger charge is 2.32. The van der Waals surface area contributed by atoms with Gasteiger partial charge in [0.05, 0.1) is 0 Å². The molecule has 1 amide bonds. The number of piperazine rings is 1. The van der Waals surface area contributed by atoms with Gasteiger partial charge in [0, 0.05) is 38.7 Å². The molecule has 8 heteroatoms. The highest BCUT2D eigenvalue weighted by atomic mass is 32.2. The van der Waals surface area contributed by atoms with Crippen molar-refractivity contribution in [2.45, 2.75) is 24.2 Å². The van der Waals surface area contributed by atoms with Crippen molar-refractivity contribution in [1.29, 1.82) is 0 Å². The third-order valence-corrected chi connectivity index (χ3v) is 6.88. The molecule has 1 heterocycles. The van der Waals surface area contributed by atoms with Gasteiger partial charge < -0.3 is 4.90 Å². The Morgan fingerprint density at radius 2 is 1.68 bits per heavy atom. The second-order valence-corrected chi connectivity index (χ2v) is 8.78. The van der Waals surface area contributed by atoms with Crippen molar-refractivity contribution in [2.24, 2.45) is 0 Å². The van der Waals surface area contributed by atoms with E-state index in [-0.39, 0.29) is 38.0 Å². The Balaban J connectivity index is 1.61. The summed E-state index contributed by atoms with van der Waals surface area (Å²) in [6.45, 7) is 2.60. The van der Waals surface area contributed by atoms with E-state index in [1.54, 1.807) is 4.90 Å². The third-order valence-electron chi connectivity index (χ3n) is 4.95. The van der Waals surface area contributed by atoms with Gasteiger partial charge in [-0.2, -0.15) is 4.31 Å². The van der Waals surface area contributed by atoms with Gasteiger partial charge in [-0.3, -0.25) is 4.79 Å². The van der Waals surface area contributed by atoms with E-state index in [1.165, 1.54) is 0 Å². The summed E-state index contributed by atoms with van der Waals surface area (Å²) in [7, 11) is -4.07. The molecule has 0 radical (unpaired) electrons. The molecular formula is C20H22F2N2O3S. The zero-order chi connectivity index (χ0) is 20.3. The fraction of sp³-hybridized carbons (Fsp3) is 0.350. The van der Waals surface area contributed by atoms with Crippen molar-refractivity contribution >= 4 is 15.9 Å². The Labute approximate surface area is 163 Å². The van der Waals surface area contributed by atoms with Crippen LogP contribution in [0.5, 0.6) is 0 Å². The van der Waals surface area contributed by atoms with Crippen molar-refractivity contribution in [3.8, 4) is 0 Å². The minimum Gasteiger partial charge on any atom is -0.340 e. The number of hydrogen-bond donors (Lipinski definition) is 0. The van der Waals surface area contributed by atoms with Gasteiger partial charge in [0.15, 0.2) is 0 Å². The molecule has 2 aromatic rings. The molecule has 1 fully saturated rings. The fourth-order valence-corrected chi connectivity index (χ4v) is 4.76. The molecule has 0 aromatic heterocycles. The molecule has 0 bridgehead atoms. The number of amides is 1. The first-order chi connectivity index (χ1) is 13.3. The number of benzene rings is 2. The van der Waals surface area contributed by atoms with E-state index in [0.29, 0.717) is 12.5 Å². The van der Waals surface area contributed by atoms with Crippen molar-refractivity contribution < 1.29 is 22.0 Å². The summed E-state index contributed by atoms with van der Waals surface area (Å²) >= 11 is 0. The molecule has 2 aromatic carbocycles. The maximum Gasteiger partial charge on any atom is 0.246 e. The van der Waals surface area contributed by atoms with Crippen LogP contribution < -0.4 is 0 Å². The molecule has 1 unspecified atom stereocenters. The van der Waals surface area contributed by atoms with Crippen LogP contribution in [-0.4, -0.2) is 49.7 Å². The molecule has 0 spiro atoms. The maximum atomic E-state index is 13.9. The standard InChI is InChI=1S/C20H22F2N2O3S/c1-15(16-5-3-2-4-6-16)13-20(25)23-9-11-24(12-10-23)28(26,27)19-8-7-17(21)14-18(19)22/h2-8,14-15H,9-13H2,1H3. The zero-order valence-electron chi connectivity index (χ0n) is 15.5. The lowest BCUT2D eigenvalue weighted by atomic mass is 9.97. The summed E-state index contributed by atoms with van der Waals surface area (Å²) in [4.78, 5) is 13.6. The summed E-state index contributed by atoms with van der Waals surface area (Å²) in [5.74, 6) is -1.93. The van der Waals surface area contributed by atoms with Crippen LogP contribution in [0.3, 0.4) is 0 Å². The third kappa shape index (κ3) is 4.39. The molecule has 0 N–H and O–H groups in total. The summed E-state index contributed by atoms with van der Waals surface area (Å²) in [6.07, 6.45) is 0.337. The van der Waals surface area contributed by atoms with Crippen molar-refractivity contribution in [1.82, 2.24) is 9.21 Å². The van der Waals surface area contributed by atoms with Crippen molar-refractivity contribution in [3.63, 3.8) is 0 Å². The molecule has 1 atom stereocenters. The van der Waals surface area contributed by atoms with Crippen LogP contribution in [-0.2, 0) is 14.8 Å². The fourth-order valence-electron chi connectivity index (χ4n) is 3.29. The first-order valence-electron chi connectivity index (χ1n) is 9.07. The number of sulfonamides is 1. The van der Waals surface area contributed by atoms with Gasteiger partial charge in [-0.05, 0) is 23.6 Å².